The van der Waals surface area contributed by atoms with Gasteiger partial charge in [-0.25, -0.2) is 0 Å². The molecule has 1 aromatic carbocycles. The van der Waals surface area contributed by atoms with Crippen LogP contribution < -0.4 is 0 Å². The van der Waals surface area contributed by atoms with Gasteiger partial charge in [0.2, 0.25) is 11.7 Å². The van der Waals surface area contributed by atoms with E-state index < -0.39 is 0 Å². The van der Waals surface area contributed by atoms with Gasteiger partial charge in [-0.1, -0.05) is 58.9 Å². The standard InChI is InChI=1S/C15H17BrN2O/c16-13-7-3-6-12(10-13)15-17-14(19-18-15)9-8-11-4-1-2-5-11/h3,6-7,10-11H,1-2,4-5,8-9H2. The largest absolute Gasteiger partial charge is 0.339 e. The lowest BCUT2D eigenvalue weighted by molar-refractivity contribution is 0.362. The Bertz CT molecular complexity index is 547. The number of nitrogens with zero attached hydrogens (tertiary/aromatic N) is 2. The van der Waals surface area contributed by atoms with Gasteiger partial charge in [-0.3, -0.25) is 0 Å². The third-order valence-electron chi connectivity index (χ3n) is 3.79. The zero-order valence-corrected chi connectivity index (χ0v) is 12.4. The number of hydrogen-bond donors (Lipinski definition) is 0. The van der Waals surface area contributed by atoms with Gasteiger partial charge in [0.05, 0.1) is 0 Å². The summed E-state index contributed by atoms with van der Waals surface area (Å²) < 4.78 is 6.37. The number of halogens is 1. The summed E-state index contributed by atoms with van der Waals surface area (Å²) in [5.74, 6) is 2.31. The predicted octanol–water partition coefficient (Wildman–Crippen LogP) is 4.62. The lowest BCUT2D eigenvalue weighted by Gasteiger charge is -2.04. The molecule has 19 heavy (non-hydrogen) atoms. The summed E-state index contributed by atoms with van der Waals surface area (Å²) in [6.45, 7) is 0. The molecule has 0 N–H and O–H groups in total. The zero-order valence-electron chi connectivity index (χ0n) is 10.8. The second-order valence-corrected chi connectivity index (χ2v) is 6.13. The summed E-state index contributed by atoms with van der Waals surface area (Å²) in [7, 11) is 0. The molecule has 4 heteroatoms. The summed E-state index contributed by atoms with van der Waals surface area (Å²) in [6, 6.07) is 7.97. The van der Waals surface area contributed by atoms with Crippen LogP contribution >= 0.6 is 15.9 Å². The molecule has 3 rings (SSSR count). The molecule has 1 fully saturated rings. The highest BCUT2D eigenvalue weighted by atomic mass is 79.9. The van der Waals surface area contributed by atoms with E-state index in [1.54, 1.807) is 0 Å². The summed E-state index contributed by atoms with van der Waals surface area (Å²) in [4.78, 5) is 4.48. The second-order valence-electron chi connectivity index (χ2n) is 5.21. The maximum absolute atomic E-state index is 5.34. The van der Waals surface area contributed by atoms with Crippen LogP contribution in [0, 0.1) is 5.92 Å². The van der Waals surface area contributed by atoms with Crippen LogP contribution in [0.15, 0.2) is 33.3 Å². The van der Waals surface area contributed by atoms with Gasteiger partial charge in [0.1, 0.15) is 0 Å². The Hall–Kier alpha value is -1.16. The van der Waals surface area contributed by atoms with Crippen molar-refractivity contribution in [1.29, 1.82) is 0 Å². The minimum atomic E-state index is 0.683. The first-order chi connectivity index (χ1) is 9.31. The van der Waals surface area contributed by atoms with Crippen LogP contribution in [-0.4, -0.2) is 10.1 Å². The van der Waals surface area contributed by atoms with Gasteiger partial charge in [0, 0.05) is 16.5 Å². The summed E-state index contributed by atoms with van der Waals surface area (Å²) in [5, 5.41) is 4.07. The predicted molar refractivity (Wildman–Crippen MR) is 77.7 cm³/mol. The zero-order chi connectivity index (χ0) is 13.1. The van der Waals surface area contributed by atoms with E-state index in [1.165, 1.54) is 32.1 Å². The van der Waals surface area contributed by atoms with E-state index in [2.05, 4.69) is 26.1 Å². The van der Waals surface area contributed by atoms with Gasteiger partial charge in [-0.2, -0.15) is 4.98 Å². The van der Waals surface area contributed by atoms with Crippen molar-refractivity contribution in [3.05, 3.63) is 34.6 Å². The molecule has 1 aromatic heterocycles. The molecule has 100 valence electrons. The van der Waals surface area contributed by atoms with Crippen LogP contribution in [0.3, 0.4) is 0 Å². The van der Waals surface area contributed by atoms with Gasteiger partial charge < -0.3 is 4.52 Å². The van der Waals surface area contributed by atoms with E-state index in [0.717, 1.165) is 28.3 Å². The highest BCUT2D eigenvalue weighted by molar-refractivity contribution is 9.10. The van der Waals surface area contributed by atoms with Gasteiger partial charge in [-0.05, 0) is 24.5 Å². The molecule has 0 saturated heterocycles. The van der Waals surface area contributed by atoms with Crippen LogP contribution in [0.1, 0.15) is 38.0 Å². The van der Waals surface area contributed by atoms with E-state index in [0.29, 0.717) is 5.82 Å². The van der Waals surface area contributed by atoms with Gasteiger partial charge >= 0.3 is 0 Å². The first-order valence-electron chi connectivity index (χ1n) is 6.90. The Morgan fingerprint density at radius 2 is 2.11 bits per heavy atom. The Balaban J connectivity index is 1.65. The molecule has 0 spiro atoms. The fourth-order valence-corrected chi connectivity index (χ4v) is 3.13. The quantitative estimate of drug-likeness (QED) is 0.824. The highest BCUT2D eigenvalue weighted by Gasteiger charge is 2.16. The van der Waals surface area contributed by atoms with E-state index >= 15 is 0 Å². The molecule has 0 atom stereocenters. The molecule has 2 aromatic rings. The molecule has 1 heterocycles. The minimum absolute atomic E-state index is 0.683. The second kappa shape index (κ2) is 5.87. The normalized spacial score (nSPS) is 16.1. The Kier molecular flexibility index (Phi) is 3.97. The number of benzene rings is 1. The van der Waals surface area contributed by atoms with E-state index in [9.17, 15) is 0 Å². The molecule has 0 radical (unpaired) electrons. The SMILES string of the molecule is Brc1cccc(-c2noc(CCC3CCCC3)n2)c1. The van der Waals surface area contributed by atoms with Gasteiger partial charge in [0.25, 0.3) is 0 Å². The topological polar surface area (TPSA) is 38.9 Å². The van der Waals surface area contributed by atoms with E-state index in [1.807, 2.05) is 24.3 Å². The number of aryl methyl sites for hydroxylation is 1. The molecule has 0 bridgehead atoms. The third-order valence-corrected chi connectivity index (χ3v) is 4.29. The summed E-state index contributed by atoms with van der Waals surface area (Å²) in [5.41, 5.74) is 0.991. The summed E-state index contributed by atoms with van der Waals surface area (Å²) in [6.07, 6.45) is 7.60. The first kappa shape index (κ1) is 12.9. The monoisotopic (exact) mass is 320 g/mol. The van der Waals surface area contributed by atoms with Crippen LogP contribution in [0.5, 0.6) is 0 Å². The van der Waals surface area contributed by atoms with Gasteiger partial charge in [-0.15, -0.1) is 0 Å². The Morgan fingerprint density at radius 3 is 2.89 bits per heavy atom. The van der Waals surface area contributed by atoms with Crippen molar-refractivity contribution in [3.8, 4) is 11.4 Å². The number of aromatic nitrogens is 2. The first-order valence-corrected chi connectivity index (χ1v) is 7.69. The van der Waals surface area contributed by atoms with Crippen molar-refractivity contribution < 1.29 is 4.52 Å². The molecule has 1 saturated carbocycles. The van der Waals surface area contributed by atoms with E-state index in [4.69, 9.17) is 4.52 Å². The van der Waals surface area contributed by atoms with Crippen molar-refractivity contribution in [2.45, 2.75) is 38.5 Å². The maximum atomic E-state index is 5.34. The third kappa shape index (κ3) is 3.24. The van der Waals surface area contributed by atoms with Crippen molar-refractivity contribution in [3.63, 3.8) is 0 Å². The summed E-state index contributed by atoms with van der Waals surface area (Å²) >= 11 is 3.46. The average molecular weight is 321 g/mol. The molecule has 1 aliphatic carbocycles. The highest BCUT2D eigenvalue weighted by Crippen LogP contribution is 2.28. The fourth-order valence-electron chi connectivity index (χ4n) is 2.73. The minimum Gasteiger partial charge on any atom is -0.339 e. The molecule has 1 aliphatic rings. The number of hydrogen-bond acceptors (Lipinski definition) is 3. The van der Waals surface area contributed by atoms with E-state index in [-0.39, 0.29) is 0 Å². The smallest absolute Gasteiger partial charge is 0.226 e. The van der Waals surface area contributed by atoms with Crippen molar-refractivity contribution in [2.24, 2.45) is 5.92 Å². The average Bonchev–Trinajstić information content (AvgIpc) is 3.08. The van der Waals surface area contributed by atoms with Crippen LogP contribution in [0.25, 0.3) is 11.4 Å². The molecule has 3 nitrogen and oxygen atoms in total. The number of rotatable bonds is 4. The van der Waals surface area contributed by atoms with Crippen molar-refractivity contribution in [1.82, 2.24) is 10.1 Å². The Morgan fingerprint density at radius 1 is 1.26 bits per heavy atom. The van der Waals surface area contributed by atoms with Crippen molar-refractivity contribution >= 4 is 15.9 Å². The molecular weight excluding hydrogens is 304 g/mol. The van der Waals surface area contributed by atoms with Gasteiger partial charge in [0.15, 0.2) is 0 Å². The fraction of sp³-hybridized carbons (Fsp3) is 0.467. The molecule has 0 aliphatic heterocycles. The lowest BCUT2D eigenvalue weighted by atomic mass is 10.0. The van der Waals surface area contributed by atoms with Crippen molar-refractivity contribution in [2.75, 3.05) is 0 Å². The maximum Gasteiger partial charge on any atom is 0.226 e. The van der Waals surface area contributed by atoms with Crippen LogP contribution in [-0.2, 0) is 6.42 Å². The molecule has 0 unspecified atom stereocenters. The lowest BCUT2D eigenvalue weighted by Crippen LogP contribution is -1.96. The Labute approximate surface area is 121 Å². The van der Waals surface area contributed by atoms with Crippen LogP contribution in [0.2, 0.25) is 0 Å². The van der Waals surface area contributed by atoms with Crippen LogP contribution in [0.4, 0.5) is 0 Å². The molecular formula is C15H17BrN2O. The molecule has 0 amide bonds.